The first-order valence-corrected chi connectivity index (χ1v) is 6.39. The molecule has 0 bridgehead atoms. The van der Waals surface area contributed by atoms with Crippen LogP contribution in [0.25, 0.3) is 0 Å². The molecular formula is C12H19N3O3. The summed E-state index contributed by atoms with van der Waals surface area (Å²) >= 11 is 0. The molecule has 18 heavy (non-hydrogen) atoms. The molecule has 0 aromatic carbocycles. The Balaban J connectivity index is 1.62. The van der Waals surface area contributed by atoms with Gasteiger partial charge in [0.1, 0.15) is 12.2 Å². The summed E-state index contributed by atoms with van der Waals surface area (Å²) in [6.07, 6.45) is 3.08. The average molecular weight is 253 g/mol. The minimum Gasteiger partial charge on any atom is -0.370 e. The summed E-state index contributed by atoms with van der Waals surface area (Å²) < 4.78 is 16.5. The topological polar surface area (TPSA) is 69.4 Å². The lowest BCUT2D eigenvalue weighted by Gasteiger charge is -2.38. The predicted molar refractivity (Wildman–Crippen MR) is 62.9 cm³/mol. The van der Waals surface area contributed by atoms with Crippen molar-refractivity contribution in [2.75, 3.05) is 20.2 Å². The second-order valence-electron chi connectivity index (χ2n) is 5.41. The first-order valence-electron chi connectivity index (χ1n) is 6.39. The van der Waals surface area contributed by atoms with Crippen molar-refractivity contribution < 1.29 is 14.0 Å². The van der Waals surface area contributed by atoms with Gasteiger partial charge in [-0.1, -0.05) is 5.16 Å². The van der Waals surface area contributed by atoms with Crippen LogP contribution in [-0.4, -0.2) is 35.9 Å². The molecule has 0 spiro atoms. The van der Waals surface area contributed by atoms with E-state index in [2.05, 4.69) is 22.4 Å². The number of nitrogens with one attached hydrogen (secondary N) is 1. The Kier molecular flexibility index (Phi) is 2.88. The highest BCUT2D eigenvalue weighted by Crippen LogP contribution is 2.42. The minimum absolute atomic E-state index is 0.0932. The molecule has 1 aromatic rings. The Morgan fingerprint density at radius 1 is 1.39 bits per heavy atom. The number of aromatic nitrogens is 2. The Morgan fingerprint density at radius 3 is 2.67 bits per heavy atom. The van der Waals surface area contributed by atoms with Crippen molar-refractivity contribution in [1.29, 1.82) is 0 Å². The van der Waals surface area contributed by atoms with Gasteiger partial charge >= 0.3 is 0 Å². The number of ether oxygens (including phenoxy) is 2. The third kappa shape index (κ3) is 1.94. The largest absolute Gasteiger partial charge is 0.370 e. The normalized spacial score (nSPS) is 24.3. The molecule has 100 valence electrons. The van der Waals surface area contributed by atoms with Gasteiger partial charge in [-0.05, 0) is 26.2 Å². The highest BCUT2D eigenvalue weighted by Gasteiger charge is 2.43. The van der Waals surface area contributed by atoms with Crippen LogP contribution in [0.4, 0.5) is 0 Å². The molecule has 2 heterocycles. The third-order valence-corrected chi connectivity index (χ3v) is 3.97. The zero-order chi connectivity index (χ0) is 12.6. The lowest BCUT2D eigenvalue weighted by molar-refractivity contribution is -0.0858. The van der Waals surface area contributed by atoms with Crippen LogP contribution in [0.2, 0.25) is 0 Å². The van der Waals surface area contributed by atoms with Crippen LogP contribution in [-0.2, 0) is 21.7 Å². The van der Waals surface area contributed by atoms with Gasteiger partial charge in [-0.2, -0.15) is 4.98 Å². The first-order chi connectivity index (χ1) is 8.66. The zero-order valence-electron chi connectivity index (χ0n) is 10.9. The van der Waals surface area contributed by atoms with Gasteiger partial charge in [0.25, 0.3) is 5.89 Å². The Labute approximate surface area is 106 Å². The molecule has 0 atom stereocenters. The molecule has 1 N–H and O–H groups in total. The molecule has 1 saturated carbocycles. The van der Waals surface area contributed by atoms with Crippen LogP contribution in [0.1, 0.15) is 37.9 Å². The standard InChI is InChI=1S/C12H19N3O3/c1-11(7-13-8-11)17-6-9-14-10(15-18-9)12(16-2)4-3-5-12/h13H,3-8H2,1-2H3. The van der Waals surface area contributed by atoms with E-state index in [-0.39, 0.29) is 11.2 Å². The van der Waals surface area contributed by atoms with Crippen LogP contribution in [0.15, 0.2) is 4.52 Å². The molecule has 2 aliphatic rings. The second-order valence-corrected chi connectivity index (χ2v) is 5.41. The van der Waals surface area contributed by atoms with Crippen molar-refractivity contribution in [1.82, 2.24) is 15.5 Å². The summed E-state index contributed by atoms with van der Waals surface area (Å²) in [5.74, 6) is 1.19. The van der Waals surface area contributed by atoms with Crippen LogP contribution >= 0.6 is 0 Å². The summed E-state index contributed by atoms with van der Waals surface area (Å²) in [4.78, 5) is 4.39. The highest BCUT2D eigenvalue weighted by molar-refractivity contribution is 5.06. The molecule has 3 rings (SSSR count). The van der Waals surface area contributed by atoms with Gasteiger partial charge in [0.15, 0.2) is 0 Å². The van der Waals surface area contributed by atoms with E-state index in [1.165, 1.54) is 0 Å². The smallest absolute Gasteiger partial charge is 0.252 e. The Bertz CT molecular complexity index is 418. The zero-order valence-corrected chi connectivity index (χ0v) is 10.9. The van der Waals surface area contributed by atoms with Crippen molar-refractivity contribution in [3.05, 3.63) is 11.7 Å². The molecule has 0 radical (unpaired) electrons. The summed E-state index contributed by atoms with van der Waals surface area (Å²) in [5.41, 5.74) is -0.409. The van der Waals surface area contributed by atoms with Crippen LogP contribution in [0.3, 0.4) is 0 Å². The fourth-order valence-corrected chi connectivity index (χ4v) is 2.33. The highest BCUT2D eigenvalue weighted by atomic mass is 16.5. The van der Waals surface area contributed by atoms with Crippen molar-refractivity contribution in [3.8, 4) is 0 Å². The van der Waals surface area contributed by atoms with Gasteiger partial charge < -0.3 is 19.3 Å². The molecule has 0 amide bonds. The van der Waals surface area contributed by atoms with Gasteiger partial charge in [-0.3, -0.25) is 0 Å². The monoisotopic (exact) mass is 253 g/mol. The summed E-state index contributed by atoms with van der Waals surface area (Å²) in [6.45, 7) is 4.18. The molecule has 1 aliphatic heterocycles. The third-order valence-electron chi connectivity index (χ3n) is 3.97. The maximum absolute atomic E-state index is 5.76. The van der Waals surface area contributed by atoms with E-state index < -0.39 is 0 Å². The number of rotatable bonds is 5. The first kappa shape index (κ1) is 12.1. The van der Waals surface area contributed by atoms with Crippen molar-refractivity contribution in [2.45, 2.75) is 44.0 Å². The number of methoxy groups -OCH3 is 1. The molecular weight excluding hydrogens is 234 g/mol. The van der Waals surface area contributed by atoms with Gasteiger partial charge in [0.05, 0.1) is 5.60 Å². The van der Waals surface area contributed by atoms with Gasteiger partial charge in [0, 0.05) is 20.2 Å². The summed E-state index contributed by atoms with van der Waals surface area (Å²) in [7, 11) is 1.70. The molecule has 6 nitrogen and oxygen atoms in total. The molecule has 1 saturated heterocycles. The molecule has 2 fully saturated rings. The van der Waals surface area contributed by atoms with E-state index in [9.17, 15) is 0 Å². The number of hydrogen-bond acceptors (Lipinski definition) is 6. The molecule has 1 aromatic heterocycles. The Morgan fingerprint density at radius 2 is 2.17 bits per heavy atom. The van der Waals surface area contributed by atoms with E-state index in [4.69, 9.17) is 14.0 Å². The fraction of sp³-hybridized carbons (Fsp3) is 0.833. The maximum atomic E-state index is 5.76. The van der Waals surface area contributed by atoms with Crippen molar-refractivity contribution in [2.24, 2.45) is 0 Å². The molecule has 1 aliphatic carbocycles. The van der Waals surface area contributed by atoms with E-state index in [1.54, 1.807) is 7.11 Å². The van der Waals surface area contributed by atoms with Gasteiger partial charge in [0.2, 0.25) is 5.82 Å². The number of hydrogen-bond donors (Lipinski definition) is 1. The number of nitrogens with zero attached hydrogens (tertiary/aromatic N) is 2. The lowest BCUT2D eigenvalue weighted by atomic mass is 9.79. The minimum atomic E-state index is -0.316. The fourth-order valence-electron chi connectivity index (χ4n) is 2.33. The van der Waals surface area contributed by atoms with Crippen LogP contribution in [0, 0.1) is 0 Å². The van der Waals surface area contributed by atoms with E-state index >= 15 is 0 Å². The van der Waals surface area contributed by atoms with Gasteiger partial charge in [-0.25, -0.2) is 0 Å². The molecule has 6 heteroatoms. The second kappa shape index (κ2) is 4.29. The van der Waals surface area contributed by atoms with Crippen molar-refractivity contribution >= 4 is 0 Å². The summed E-state index contributed by atoms with van der Waals surface area (Å²) in [5, 5.41) is 7.20. The van der Waals surface area contributed by atoms with Crippen LogP contribution < -0.4 is 5.32 Å². The Hall–Kier alpha value is -0.980. The van der Waals surface area contributed by atoms with E-state index in [0.29, 0.717) is 18.3 Å². The van der Waals surface area contributed by atoms with E-state index in [0.717, 1.165) is 32.4 Å². The van der Waals surface area contributed by atoms with Crippen molar-refractivity contribution in [3.63, 3.8) is 0 Å². The average Bonchev–Trinajstić information content (AvgIpc) is 2.72. The van der Waals surface area contributed by atoms with Gasteiger partial charge in [-0.15, -0.1) is 0 Å². The molecule has 0 unspecified atom stereocenters. The SMILES string of the molecule is COC1(c2noc(COC3(C)CNC3)n2)CCC1. The summed E-state index contributed by atoms with van der Waals surface area (Å²) in [6, 6.07) is 0. The maximum Gasteiger partial charge on any atom is 0.252 e. The lowest BCUT2D eigenvalue weighted by Crippen LogP contribution is -2.58. The quantitative estimate of drug-likeness (QED) is 0.843. The van der Waals surface area contributed by atoms with E-state index in [1.807, 2.05) is 0 Å². The predicted octanol–water partition coefficient (Wildman–Crippen LogP) is 0.974. The van der Waals surface area contributed by atoms with Crippen LogP contribution in [0.5, 0.6) is 0 Å².